The van der Waals surface area contributed by atoms with Gasteiger partial charge in [0, 0.05) is 29.1 Å². The van der Waals surface area contributed by atoms with Crippen LogP contribution in [0.15, 0.2) is 133 Å². The van der Waals surface area contributed by atoms with Gasteiger partial charge in [0.15, 0.2) is 0 Å². The quantitative estimate of drug-likeness (QED) is 0.186. The van der Waals surface area contributed by atoms with Crippen molar-refractivity contribution >= 4 is 64.9 Å². The molecule has 0 fully saturated rings. The van der Waals surface area contributed by atoms with E-state index < -0.39 is 0 Å². The molecule has 1 nitrogen and oxygen atoms in total. The molecule has 0 saturated heterocycles. The monoisotopic (exact) mass is 559 g/mol. The number of hydrogen-bond acceptors (Lipinski definition) is 0. The number of benzene rings is 8. The van der Waals surface area contributed by atoms with E-state index in [2.05, 4.69) is 145 Å². The third kappa shape index (κ3) is 3.19. The lowest BCUT2D eigenvalue weighted by atomic mass is 9.93. The largest absolute Gasteiger partial charge is 0.335 e. The van der Waals surface area contributed by atoms with Crippen LogP contribution in [0.1, 0.15) is 22.3 Å². The number of rotatable bonds is 2. The van der Waals surface area contributed by atoms with Crippen LogP contribution >= 0.6 is 0 Å². The van der Waals surface area contributed by atoms with E-state index in [0.29, 0.717) is 0 Å². The van der Waals surface area contributed by atoms with E-state index in [1.165, 1.54) is 98.3 Å². The van der Waals surface area contributed by atoms with Gasteiger partial charge in [0.25, 0.3) is 0 Å². The molecule has 0 aliphatic heterocycles. The molecule has 0 radical (unpaired) electrons. The molecule has 1 heteroatoms. The molecule has 8 aromatic carbocycles. The lowest BCUT2D eigenvalue weighted by molar-refractivity contribution is 0.873. The molecular weight excluding hydrogens is 530 g/mol. The Hall–Kier alpha value is -5.40. The van der Waals surface area contributed by atoms with Gasteiger partial charge in [0.1, 0.15) is 0 Å². The smallest absolute Gasteiger partial charge is 0.0574 e. The molecule has 0 bridgehead atoms. The SMILES string of the molecule is Cc1cc(Cn2c3c4c(c5ccccc5c3c3ccc5ccccc5c32)-c2ccccc2C4)c2ccc3ccccc3c2c1. The summed E-state index contributed by atoms with van der Waals surface area (Å²) in [4.78, 5) is 0. The number of aryl methyl sites for hydroxylation is 1. The van der Waals surface area contributed by atoms with Crippen LogP contribution in [-0.2, 0) is 13.0 Å². The Morgan fingerprint density at radius 2 is 1.18 bits per heavy atom. The van der Waals surface area contributed by atoms with Crippen LogP contribution in [0.2, 0.25) is 0 Å². The van der Waals surface area contributed by atoms with Gasteiger partial charge in [-0.15, -0.1) is 0 Å². The highest BCUT2D eigenvalue weighted by Gasteiger charge is 2.28. The fourth-order valence-electron chi connectivity index (χ4n) is 8.31. The fourth-order valence-corrected chi connectivity index (χ4v) is 8.31. The minimum absolute atomic E-state index is 0.811. The second-order valence-electron chi connectivity index (χ2n) is 12.5. The highest BCUT2D eigenvalue weighted by Crippen LogP contribution is 2.49. The maximum atomic E-state index is 2.67. The first-order chi connectivity index (χ1) is 21.7. The van der Waals surface area contributed by atoms with Gasteiger partial charge < -0.3 is 4.57 Å². The van der Waals surface area contributed by atoms with E-state index in [1.807, 2.05) is 0 Å². The number of fused-ring (bicyclic) bond motifs is 15. The number of aromatic nitrogens is 1. The molecule has 206 valence electrons. The second-order valence-corrected chi connectivity index (χ2v) is 12.5. The molecule has 0 amide bonds. The van der Waals surface area contributed by atoms with Crippen LogP contribution in [0.25, 0.3) is 76.0 Å². The zero-order valence-electron chi connectivity index (χ0n) is 24.6. The van der Waals surface area contributed by atoms with Crippen LogP contribution in [0.5, 0.6) is 0 Å². The second kappa shape index (κ2) is 8.81. The molecule has 0 unspecified atom stereocenters. The maximum Gasteiger partial charge on any atom is 0.0574 e. The minimum Gasteiger partial charge on any atom is -0.335 e. The summed E-state index contributed by atoms with van der Waals surface area (Å²) in [5.74, 6) is 0. The molecule has 10 rings (SSSR count). The molecular formula is C43H29N. The summed E-state index contributed by atoms with van der Waals surface area (Å²) in [5.41, 5.74) is 11.1. The normalized spacial score (nSPS) is 12.7. The molecule has 1 aliphatic rings. The van der Waals surface area contributed by atoms with Crippen molar-refractivity contribution < 1.29 is 0 Å². The van der Waals surface area contributed by atoms with Gasteiger partial charge in [-0.05, 0) is 72.4 Å². The average molecular weight is 560 g/mol. The molecule has 0 spiro atoms. The Labute approximate surface area is 255 Å². The first kappa shape index (κ1) is 24.1. The zero-order valence-corrected chi connectivity index (χ0v) is 24.6. The van der Waals surface area contributed by atoms with E-state index in [9.17, 15) is 0 Å². The van der Waals surface area contributed by atoms with Crippen molar-refractivity contribution in [2.75, 3.05) is 0 Å². The Morgan fingerprint density at radius 3 is 2.02 bits per heavy atom. The maximum absolute atomic E-state index is 2.67. The molecule has 0 N–H and O–H groups in total. The Balaban J connectivity index is 1.39. The van der Waals surface area contributed by atoms with Gasteiger partial charge in [-0.2, -0.15) is 0 Å². The number of nitrogens with zero attached hydrogens (tertiary/aromatic N) is 1. The predicted octanol–water partition coefficient (Wildman–Crippen LogP) is 11.3. The average Bonchev–Trinajstić information content (AvgIpc) is 3.61. The summed E-state index contributed by atoms with van der Waals surface area (Å²) < 4.78 is 2.67. The lowest BCUT2D eigenvalue weighted by Crippen LogP contribution is -2.03. The lowest BCUT2D eigenvalue weighted by Gasteiger charge is -2.16. The topological polar surface area (TPSA) is 4.93 Å². The van der Waals surface area contributed by atoms with E-state index in [-0.39, 0.29) is 0 Å². The Kier molecular flexibility index (Phi) is 4.82. The summed E-state index contributed by atoms with van der Waals surface area (Å²) in [6.07, 6.45) is 0.959. The standard InChI is InChI=1S/C43H29N/c1-26-22-30(32-20-18-27-10-2-5-13-31(27)38(32)23-26)25-44-42-34-15-7-3-11-28(34)19-21-37(42)41-36-17-9-8-16-35(36)40-33-14-6-4-12-29(33)24-39(40)43(41)44/h2-23H,24-25H2,1H3. The van der Waals surface area contributed by atoms with Crippen molar-refractivity contribution in [1.82, 2.24) is 4.57 Å². The van der Waals surface area contributed by atoms with E-state index in [4.69, 9.17) is 0 Å². The molecule has 9 aromatic rings. The van der Waals surface area contributed by atoms with Crippen LogP contribution in [0.4, 0.5) is 0 Å². The highest BCUT2D eigenvalue weighted by molar-refractivity contribution is 6.29. The predicted molar refractivity (Wildman–Crippen MR) is 188 cm³/mol. The van der Waals surface area contributed by atoms with E-state index >= 15 is 0 Å². The van der Waals surface area contributed by atoms with E-state index in [1.54, 1.807) is 0 Å². The van der Waals surface area contributed by atoms with Crippen LogP contribution in [0.3, 0.4) is 0 Å². The fraction of sp³-hybridized carbons (Fsp3) is 0.0698. The summed E-state index contributed by atoms with van der Waals surface area (Å²) in [7, 11) is 0. The minimum atomic E-state index is 0.811. The summed E-state index contributed by atoms with van der Waals surface area (Å²) in [6, 6.07) is 49.9. The summed E-state index contributed by atoms with van der Waals surface area (Å²) in [6.45, 7) is 3.06. The molecule has 44 heavy (non-hydrogen) atoms. The molecule has 1 aliphatic carbocycles. The van der Waals surface area contributed by atoms with Gasteiger partial charge >= 0.3 is 0 Å². The molecule has 0 saturated carbocycles. The van der Waals surface area contributed by atoms with Gasteiger partial charge in [0.05, 0.1) is 11.0 Å². The van der Waals surface area contributed by atoms with Gasteiger partial charge in [-0.1, -0.05) is 139 Å². The number of hydrogen-bond donors (Lipinski definition) is 0. The van der Waals surface area contributed by atoms with Crippen molar-refractivity contribution in [2.45, 2.75) is 19.9 Å². The van der Waals surface area contributed by atoms with Gasteiger partial charge in [-0.25, -0.2) is 0 Å². The molecule has 0 atom stereocenters. The van der Waals surface area contributed by atoms with Crippen molar-refractivity contribution in [2.24, 2.45) is 0 Å². The van der Waals surface area contributed by atoms with E-state index in [0.717, 1.165) is 13.0 Å². The third-order valence-corrected chi connectivity index (χ3v) is 10.1. The summed E-state index contributed by atoms with van der Waals surface area (Å²) >= 11 is 0. The third-order valence-electron chi connectivity index (χ3n) is 10.1. The first-order valence-corrected chi connectivity index (χ1v) is 15.6. The Morgan fingerprint density at radius 1 is 0.523 bits per heavy atom. The molecule has 1 aromatic heterocycles. The zero-order chi connectivity index (χ0) is 28.9. The van der Waals surface area contributed by atoms with Gasteiger partial charge in [0.2, 0.25) is 0 Å². The van der Waals surface area contributed by atoms with Gasteiger partial charge in [-0.3, -0.25) is 0 Å². The van der Waals surface area contributed by atoms with Crippen molar-refractivity contribution in [3.8, 4) is 11.1 Å². The van der Waals surface area contributed by atoms with Crippen LogP contribution < -0.4 is 0 Å². The summed E-state index contributed by atoms with van der Waals surface area (Å²) in [5, 5.41) is 13.3. The van der Waals surface area contributed by atoms with Crippen molar-refractivity contribution in [1.29, 1.82) is 0 Å². The first-order valence-electron chi connectivity index (χ1n) is 15.6. The highest BCUT2D eigenvalue weighted by atomic mass is 15.0. The molecule has 1 heterocycles. The van der Waals surface area contributed by atoms with Crippen LogP contribution in [0, 0.1) is 6.92 Å². The van der Waals surface area contributed by atoms with Crippen molar-refractivity contribution in [3.63, 3.8) is 0 Å². The Bertz CT molecular complexity index is 2670. The van der Waals surface area contributed by atoms with Crippen molar-refractivity contribution in [3.05, 3.63) is 156 Å². The van der Waals surface area contributed by atoms with Crippen LogP contribution in [-0.4, -0.2) is 4.57 Å².